The molecule has 1 aromatic heterocycles. The second kappa shape index (κ2) is 6.04. The summed E-state index contributed by atoms with van der Waals surface area (Å²) in [6.07, 6.45) is -0.192. The van der Waals surface area contributed by atoms with Gasteiger partial charge in [-0.1, -0.05) is 25.1 Å². The monoisotopic (exact) mass is 309 g/mol. The predicted molar refractivity (Wildman–Crippen MR) is 85.2 cm³/mol. The first-order chi connectivity index (χ1) is 11.0. The van der Waals surface area contributed by atoms with Crippen LogP contribution in [0.5, 0.6) is 0 Å². The molecule has 0 spiro atoms. The molecular formula is C18H15NO4. The molecule has 2 aromatic carbocycles. The molecule has 1 N–H and O–H groups in total. The van der Waals surface area contributed by atoms with Crippen LogP contribution >= 0.6 is 0 Å². The first-order valence-corrected chi connectivity index (χ1v) is 7.26. The molecule has 0 amide bonds. The Morgan fingerprint density at radius 1 is 1.17 bits per heavy atom. The predicted octanol–water partition coefficient (Wildman–Crippen LogP) is 3.79. The number of benzene rings is 2. The topological polar surface area (TPSA) is 80.4 Å². The van der Waals surface area contributed by atoms with E-state index >= 15 is 0 Å². The second-order valence-electron chi connectivity index (χ2n) is 5.43. The summed E-state index contributed by atoms with van der Waals surface area (Å²) in [6.45, 7) is 1.61. The van der Waals surface area contributed by atoms with Gasteiger partial charge in [0.05, 0.1) is 6.42 Å². The number of aromatic nitrogens is 1. The van der Waals surface area contributed by atoms with Gasteiger partial charge in [0.1, 0.15) is 5.52 Å². The molecule has 1 heterocycles. The van der Waals surface area contributed by atoms with E-state index in [1.807, 2.05) is 30.3 Å². The number of Topliss-reactive ketones (excluding diaryl/α,β-unsaturated/α-hetero) is 1. The minimum absolute atomic E-state index is 0.192. The van der Waals surface area contributed by atoms with E-state index in [1.54, 1.807) is 25.1 Å². The van der Waals surface area contributed by atoms with Gasteiger partial charge in [0.25, 0.3) is 0 Å². The lowest BCUT2D eigenvalue weighted by molar-refractivity contribution is -0.137. The fourth-order valence-corrected chi connectivity index (χ4v) is 2.42. The van der Waals surface area contributed by atoms with E-state index in [9.17, 15) is 9.59 Å². The molecule has 3 rings (SSSR count). The van der Waals surface area contributed by atoms with Crippen molar-refractivity contribution >= 4 is 22.9 Å². The molecule has 0 aliphatic carbocycles. The summed E-state index contributed by atoms with van der Waals surface area (Å²) >= 11 is 0. The summed E-state index contributed by atoms with van der Waals surface area (Å²) in [5.41, 5.74) is 2.46. The maximum absolute atomic E-state index is 12.3. The number of carboxylic acid groups (broad SMARTS) is 1. The quantitative estimate of drug-likeness (QED) is 0.725. The van der Waals surface area contributed by atoms with Gasteiger partial charge in [0, 0.05) is 17.0 Å². The van der Waals surface area contributed by atoms with Gasteiger partial charge >= 0.3 is 5.97 Å². The lowest BCUT2D eigenvalue weighted by Crippen LogP contribution is -2.15. The number of ketones is 1. The molecule has 3 aromatic rings. The maximum atomic E-state index is 12.3. The van der Waals surface area contributed by atoms with Crippen LogP contribution in [0.1, 0.15) is 23.7 Å². The van der Waals surface area contributed by atoms with Gasteiger partial charge in [-0.15, -0.1) is 0 Å². The van der Waals surface area contributed by atoms with Crippen molar-refractivity contribution in [1.82, 2.24) is 4.98 Å². The normalized spacial score (nSPS) is 12.2. The number of hydrogen-bond acceptors (Lipinski definition) is 4. The number of rotatable bonds is 5. The fraction of sp³-hybridized carbons (Fsp3) is 0.167. The Morgan fingerprint density at radius 3 is 2.61 bits per heavy atom. The number of oxazole rings is 1. The lowest BCUT2D eigenvalue weighted by Gasteiger charge is -2.07. The van der Waals surface area contributed by atoms with Crippen LogP contribution in [-0.4, -0.2) is 21.8 Å². The average Bonchev–Trinajstić information content (AvgIpc) is 2.97. The molecule has 1 atom stereocenters. The van der Waals surface area contributed by atoms with Crippen molar-refractivity contribution in [2.24, 2.45) is 5.92 Å². The van der Waals surface area contributed by atoms with Crippen molar-refractivity contribution in [3.63, 3.8) is 0 Å². The van der Waals surface area contributed by atoms with Gasteiger partial charge in [0.15, 0.2) is 11.4 Å². The van der Waals surface area contributed by atoms with E-state index < -0.39 is 11.9 Å². The Labute approximate surface area is 132 Å². The molecule has 0 fully saturated rings. The highest BCUT2D eigenvalue weighted by Crippen LogP contribution is 2.25. The molecule has 0 saturated heterocycles. The highest BCUT2D eigenvalue weighted by molar-refractivity contribution is 6.01. The van der Waals surface area contributed by atoms with Crippen LogP contribution in [0.15, 0.2) is 52.9 Å². The summed E-state index contributed by atoms with van der Waals surface area (Å²) < 4.78 is 5.73. The Bertz CT molecular complexity index is 867. The summed E-state index contributed by atoms with van der Waals surface area (Å²) in [5, 5.41) is 8.80. The number of nitrogens with zero attached hydrogens (tertiary/aromatic N) is 1. The third-order valence-corrected chi connectivity index (χ3v) is 3.62. The van der Waals surface area contributed by atoms with Crippen LogP contribution in [0, 0.1) is 5.92 Å². The van der Waals surface area contributed by atoms with Crippen molar-refractivity contribution < 1.29 is 19.1 Å². The number of carbonyl (C=O) groups excluding carboxylic acids is 1. The average molecular weight is 309 g/mol. The molecular weight excluding hydrogens is 294 g/mol. The molecule has 0 aliphatic heterocycles. The van der Waals surface area contributed by atoms with Crippen LogP contribution in [0.2, 0.25) is 0 Å². The Kier molecular flexibility index (Phi) is 3.93. The molecule has 23 heavy (non-hydrogen) atoms. The third kappa shape index (κ3) is 3.13. The van der Waals surface area contributed by atoms with Gasteiger partial charge in [-0.2, -0.15) is 0 Å². The SMILES string of the molecule is CC(CC(=O)O)C(=O)c1ccc2nc(-c3ccccc3)oc2c1. The zero-order chi connectivity index (χ0) is 16.4. The Hall–Kier alpha value is -2.95. The number of carbonyl (C=O) groups is 2. The third-order valence-electron chi connectivity index (χ3n) is 3.62. The summed E-state index contributed by atoms with van der Waals surface area (Å²) in [5.74, 6) is -1.30. The van der Waals surface area contributed by atoms with E-state index in [-0.39, 0.29) is 12.2 Å². The molecule has 1 unspecified atom stereocenters. The van der Waals surface area contributed by atoms with Crippen molar-refractivity contribution in [3.8, 4) is 11.5 Å². The highest BCUT2D eigenvalue weighted by Gasteiger charge is 2.19. The summed E-state index contributed by atoms with van der Waals surface area (Å²) in [6, 6.07) is 14.5. The maximum Gasteiger partial charge on any atom is 0.304 e. The van der Waals surface area contributed by atoms with E-state index in [4.69, 9.17) is 9.52 Å². The van der Waals surface area contributed by atoms with E-state index in [1.165, 1.54) is 0 Å². The van der Waals surface area contributed by atoms with Crippen LogP contribution in [-0.2, 0) is 4.79 Å². The molecule has 0 saturated carbocycles. The smallest absolute Gasteiger partial charge is 0.304 e. The highest BCUT2D eigenvalue weighted by atomic mass is 16.4. The first kappa shape index (κ1) is 15.0. The van der Waals surface area contributed by atoms with Gasteiger partial charge < -0.3 is 9.52 Å². The summed E-state index contributed by atoms with van der Waals surface area (Å²) in [4.78, 5) is 27.4. The molecule has 5 heteroatoms. The molecule has 0 radical (unpaired) electrons. The molecule has 0 aliphatic rings. The minimum atomic E-state index is -0.988. The van der Waals surface area contributed by atoms with Crippen LogP contribution < -0.4 is 0 Å². The molecule has 0 bridgehead atoms. The van der Waals surface area contributed by atoms with Crippen LogP contribution in [0.25, 0.3) is 22.6 Å². The van der Waals surface area contributed by atoms with E-state index in [0.29, 0.717) is 22.6 Å². The number of hydrogen-bond donors (Lipinski definition) is 1. The van der Waals surface area contributed by atoms with Gasteiger partial charge in [0.2, 0.25) is 5.89 Å². The summed E-state index contributed by atoms with van der Waals surface area (Å²) in [7, 11) is 0. The van der Waals surface area contributed by atoms with Gasteiger partial charge in [-0.3, -0.25) is 9.59 Å². The van der Waals surface area contributed by atoms with Gasteiger partial charge in [-0.05, 0) is 30.3 Å². The first-order valence-electron chi connectivity index (χ1n) is 7.26. The number of aliphatic carboxylic acids is 1. The lowest BCUT2D eigenvalue weighted by atomic mass is 9.96. The van der Waals surface area contributed by atoms with Crippen molar-refractivity contribution in [3.05, 3.63) is 54.1 Å². The fourth-order valence-electron chi connectivity index (χ4n) is 2.42. The molecule has 5 nitrogen and oxygen atoms in total. The van der Waals surface area contributed by atoms with Crippen molar-refractivity contribution in [2.45, 2.75) is 13.3 Å². The van der Waals surface area contributed by atoms with Crippen LogP contribution in [0.3, 0.4) is 0 Å². The minimum Gasteiger partial charge on any atom is -0.481 e. The largest absolute Gasteiger partial charge is 0.481 e. The van der Waals surface area contributed by atoms with E-state index in [2.05, 4.69) is 4.98 Å². The molecule has 116 valence electrons. The van der Waals surface area contributed by atoms with Crippen LogP contribution in [0.4, 0.5) is 0 Å². The van der Waals surface area contributed by atoms with Gasteiger partial charge in [-0.25, -0.2) is 4.98 Å². The Morgan fingerprint density at radius 2 is 1.91 bits per heavy atom. The standard InChI is InChI=1S/C18H15NO4/c1-11(9-16(20)21)17(22)13-7-8-14-15(10-13)23-18(19-14)12-5-3-2-4-6-12/h2-8,10-11H,9H2,1H3,(H,20,21). The Balaban J connectivity index is 1.93. The number of carboxylic acids is 1. The van der Waals surface area contributed by atoms with Crippen molar-refractivity contribution in [1.29, 1.82) is 0 Å². The second-order valence-corrected chi connectivity index (χ2v) is 5.43. The number of fused-ring (bicyclic) bond motifs is 1. The zero-order valence-electron chi connectivity index (χ0n) is 12.5. The zero-order valence-corrected chi connectivity index (χ0v) is 12.5. The van der Waals surface area contributed by atoms with Crippen molar-refractivity contribution in [2.75, 3.05) is 0 Å². The van der Waals surface area contributed by atoms with E-state index in [0.717, 1.165) is 5.56 Å².